The highest BCUT2D eigenvalue weighted by atomic mass is 16.5. The summed E-state index contributed by atoms with van der Waals surface area (Å²) in [4.78, 5) is 23.5. The number of rotatable bonds is 41. The highest BCUT2D eigenvalue weighted by Gasteiger charge is 2.14. The number of hydrogen-bond acceptors (Lipinski definition) is 3. The van der Waals surface area contributed by atoms with Gasteiger partial charge in [-0.3, -0.25) is 9.59 Å². The van der Waals surface area contributed by atoms with Crippen molar-refractivity contribution in [2.45, 2.75) is 258 Å². The van der Waals surface area contributed by atoms with Crippen LogP contribution >= 0.6 is 0 Å². The predicted molar refractivity (Wildman–Crippen MR) is 218 cm³/mol. The SMILES string of the molecule is CCCCC/C=C\C/C=C\CCCCCCCCCCCC(=O)OC(CCCCCCCCCCCCCCCCCC)CCCCC(=O)O. The number of allylic oxidation sites excluding steroid dienone is 4. The summed E-state index contributed by atoms with van der Waals surface area (Å²) in [7, 11) is 0. The summed E-state index contributed by atoms with van der Waals surface area (Å²) >= 11 is 0. The first-order chi connectivity index (χ1) is 24.6. The second-order valence-electron chi connectivity index (χ2n) is 15.2. The summed E-state index contributed by atoms with van der Waals surface area (Å²) < 4.78 is 5.92. The number of aliphatic carboxylic acids is 1. The average Bonchev–Trinajstić information content (AvgIpc) is 3.10. The van der Waals surface area contributed by atoms with Crippen LogP contribution in [0.2, 0.25) is 0 Å². The van der Waals surface area contributed by atoms with E-state index in [0.29, 0.717) is 12.8 Å². The monoisotopic (exact) mass is 703 g/mol. The Balaban J connectivity index is 3.82. The quantitative estimate of drug-likeness (QED) is 0.0391. The minimum Gasteiger partial charge on any atom is -0.481 e. The average molecular weight is 703 g/mol. The molecule has 0 spiro atoms. The number of esters is 1. The first-order valence-electron chi connectivity index (χ1n) is 22.3. The Bertz CT molecular complexity index is 757. The summed E-state index contributed by atoms with van der Waals surface area (Å²) in [5.74, 6) is -0.794. The minimum atomic E-state index is -0.740. The van der Waals surface area contributed by atoms with E-state index >= 15 is 0 Å². The zero-order valence-corrected chi connectivity index (χ0v) is 33.7. The van der Waals surface area contributed by atoms with Crippen molar-refractivity contribution in [1.29, 1.82) is 0 Å². The molecule has 4 heteroatoms. The molecule has 1 unspecified atom stereocenters. The Kier molecular flexibility index (Phi) is 40.5. The van der Waals surface area contributed by atoms with Crippen LogP contribution in [0.15, 0.2) is 24.3 Å². The first kappa shape index (κ1) is 48.4. The van der Waals surface area contributed by atoms with Gasteiger partial charge in [0.25, 0.3) is 0 Å². The van der Waals surface area contributed by atoms with Crippen LogP contribution in [0.4, 0.5) is 0 Å². The van der Waals surface area contributed by atoms with Gasteiger partial charge in [-0.25, -0.2) is 0 Å². The summed E-state index contributed by atoms with van der Waals surface area (Å²) in [5, 5.41) is 8.98. The number of carboxylic acids is 1. The predicted octanol–water partition coefficient (Wildman–Crippen LogP) is 15.6. The van der Waals surface area contributed by atoms with Crippen molar-refractivity contribution in [2.24, 2.45) is 0 Å². The van der Waals surface area contributed by atoms with Gasteiger partial charge in [-0.2, -0.15) is 0 Å². The molecule has 0 saturated carbocycles. The van der Waals surface area contributed by atoms with Gasteiger partial charge >= 0.3 is 11.9 Å². The number of unbranched alkanes of at least 4 members (excludes halogenated alkanes) is 28. The zero-order chi connectivity index (χ0) is 36.4. The molecule has 294 valence electrons. The van der Waals surface area contributed by atoms with Crippen LogP contribution in [-0.4, -0.2) is 23.1 Å². The number of hydrogen-bond donors (Lipinski definition) is 1. The zero-order valence-electron chi connectivity index (χ0n) is 33.7. The lowest BCUT2D eigenvalue weighted by atomic mass is 10.0. The van der Waals surface area contributed by atoms with E-state index in [4.69, 9.17) is 9.84 Å². The number of carbonyl (C=O) groups excluding carboxylic acids is 1. The van der Waals surface area contributed by atoms with E-state index in [2.05, 4.69) is 38.2 Å². The second kappa shape index (κ2) is 41.8. The molecule has 0 fully saturated rings. The van der Waals surface area contributed by atoms with Crippen LogP contribution in [0.3, 0.4) is 0 Å². The minimum absolute atomic E-state index is 0.0458. The highest BCUT2D eigenvalue weighted by Crippen LogP contribution is 2.19. The summed E-state index contributed by atoms with van der Waals surface area (Å²) in [6, 6.07) is 0. The van der Waals surface area contributed by atoms with Gasteiger partial charge in [0.2, 0.25) is 0 Å². The van der Waals surface area contributed by atoms with Crippen LogP contribution < -0.4 is 0 Å². The molecule has 0 aliphatic rings. The van der Waals surface area contributed by atoms with E-state index in [1.54, 1.807) is 0 Å². The topological polar surface area (TPSA) is 63.6 Å². The van der Waals surface area contributed by atoms with Gasteiger partial charge in [-0.15, -0.1) is 0 Å². The van der Waals surface area contributed by atoms with E-state index in [1.165, 1.54) is 173 Å². The van der Waals surface area contributed by atoms with Gasteiger partial charge in [0, 0.05) is 12.8 Å². The third kappa shape index (κ3) is 40.8. The Labute approximate surface area is 312 Å². The fourth-order valence-electron chi connectivity index (χ4n) is 6.86. The molecular formula is C46H86O4. The van der Waals surface area contributed by atoms with E-state index in [-0.39, 0.29) is 18.5 Å². The molecule has 0 radical (unpaired) electrons. The summed E-state index contributed by atoms with van der Waals surface area (Å²) in [6.45, 7) is 4.54. The van der Waals surface area contributed by atoms with E-state index in [0.717, 1.165) is 44.9 Å². The van der Waals surface area contributed by atoms with Gasteiger partial charge in [-0.05, 0) is 70.6 Å². The maximum Gasteiger partial charge on any atom is 0.306 e. The van der Waals surface area contributed by atoms with Gasteiger partial charge in [0.05, 0.1) is 0 Å². The Morgan fingerprint density at radius 3 is 1.24 bits per heavy atom. The summed E-state index contributed by atoms with van der Waals surface area (Å²) in [6.07, 6.45) is 53.5. The number of carboxylic acid groups (broad SMARTS) is 1. The third-order valence-corrected chi connectivity index (χ3v) is 10.2. The number of ether oxygens (including phenoxy) is 1. The van der Waals surface area contributed by atoms with Crippen LogP contribution in [0.5, 0.6) is 0 Å². The van der Waals surface area contributed by atoms with Gasteiger partial charge in [-0.1, -0.05) is 192 Å². The van der Waals surface area contributed by atoms with Crippen molar-refractivity contribution in [3.63, 3.8) is 0 Å². The highest BCUT2D eigenvalue weighted by molar-refractivity contribution is 5.69. The van der Waals surface area contributed by atoms with Gasteiger partial charge < -0.3 is 9.84 Å². The van der Waals surface area contributed by atoms with E-state index in [1.807, 2.05) is 0 Å². The molecule has 0 heterocycles. The molecule has 0 aromatic rings. The molecule has 0 aliphatic heterocycles. The maximum atomic E-state index is 12.6. The molecule has 0 bridgehead atoms. The van der Waals surface area contributed by atoms with Crippen molar-refractivity contribution >= 4 is 11.9 Å². The summed E-state index contributed by atoms with van der Waals surface area (Å²) in [5.41, 5.74) is 0. The Morgan fingerprint density at radius 2 is 0.780 bits per heavy atom. The molecule has 4 nitrogen and oxygen atoms in total. The van der Waals surface area contributed by atoms with Gasteiger partial charge in [0.1, 0.15) is 6.10 Å². The molecular weight excluding hydrogens is 617 g/mol. The number of carbonyl (C=O) groups is 2. The van der Waals surface area contributed by atoms with E-state index < -0.39 is 5.97 Å². The molecule has 50 heavy (non-hydrogen) atoms. The lowest BCUT2D eigenvalue weighted by molar-refractivity contribution is -0.150. The van der Waals surface area contributed by atoms with Crippen molar-refractivity contribution < 1.29 is 19.4 Å². The van der Waals surface area contributed by atoms with Crippen LogP contribution in [0, 0.1) is 0 Å². The first-order valence-corrected chi connectivity index (χ1v) is 22.3. The molecule has 0 aromatic heterocycles. The Morgan fingerprint density at radius 1 is 0.440 bits per heavy atom. The molecule has 1 atom stereocenters. The van der Waals surface area contributed by atoms with E-state index in [9.17, 15) is 9.59 Å². The third-order valence-electron chi connectivity index (χ3n) is 10.2. The molecule has 0 amide bonds. The maximum absolute atomic E-state index is 12.6. The standard InChI is InChI=1S/C46H86O4/c1-3-5-7-9-11-13-15-17-19-21-22-23-25-27-29-31-33-35-37-43-46(49)50-44(41-38-39-42-45(47)48)40-36-34-32-30-28-26-24-20-18-16-14-12-10-8-6-4-2/h11,13,17,19,44H,3-10,12,14-16,18,20-43H2,1-2H3,(H,47,48)/b13-11-,19-17-. The van der Waals surface area contributed by atoms with Gasteiger partial charge in [0.15, 0.2) is 0 Å². The lowest BCUT2D eigenvalue weighted by Gasteiger charge is -2.18. The normalized spacial score (nSPS) is 12.4. The van der Waals surface area contributed by atoms with Crippen molar-refractivity contribution in [3.05, 3.63) is 24.3 Å². The van der Waals surface area contributed by atoms with Crippen LogP contribution in [0.1, 0.15) is 251 Å². The van der Waals surface area contributed by atoms with Crippen molar-refractivity contribution in [3.8, 4) is 0 Å². The second-order valence-corrected chi connectivity index (χ2v) is 15.2. The molecule has 0 aliphatic carbocycles. The largest absolute Gasteiger partial charge is 0.481 e. The molecule has 0 rings (SSSR count). The van der Waals surface area contributed by atoms with Crippen molar-refractivity contribution in [1.82, 2.24) is 0 Å². The fraction of sp³-hybridized carbons (Fsp3) is 0.870. The fourth-order valence-corrected chi connectivity index (χ4v) is 6.86. The van der Waals surface area contributed by atoms with Crippen LogP contribution in [0.25, 0.3) is 0 Å². The lowest BCUT2D eigenvalue weighted by Crippen LogP contribution is -2.18. The Hall–Kier alpha value is -1.58. The molecule has 1 N–H and O–H groups in total. The van der Waals surface area contributed by atoms with Crippen molar-refractivity contribution in [2.75, 3.05) is 0 Å². The molecule has 0 saturated heterocycles. The smallest absolute Gasteiger partial charge is 0.306 e. The van der Waals surface area contributed by atoms with Crippen LogP contribution in [-0.2, 0) is 14.3 Å². The molecule has 0 aromatic carbocycles.